The fraction of sp³-hybridized carbons (Fsp3) is 0.500. The van der Waals surface area contributed by atoms with Gasteiger partial charge in [-0.05, 0) is 25.3 Å². The third-order valence-corrected chi connectivity index (χ3v) is 4.14. The smallest absolute Gasteiger partial charge is 0.121 e. The fourth-order valence-electron chi connectivity index (χ4n) is 2.32. The number of methoxy groups -OCH3 is 1. The van der Waals surface area contributed by atoms with Crippen molar-refractivity contribution in [2.75, 3.05) is 25.0 Å². The zero-order chi connectivity index (χ0) is 13.8. The Morgan fingerprint density at radius 2 is 2.26 bits per heavy atom. The molecule has 1 heterocycles. The fourth-order valence-corrected chi connectivity index (χ4v) is 3.12. The number of nitrogens with zero attached hydrogens (tertiary/aromatic N) is 2. The predicted octanol–water partition coefficient (Wildman–Crippen LogP) is 3.75. The van der Waals surface area contributed by atoms with Crippen LogP contribution in [0.2, 0.25) is 0 Å². The highest BCUT2D eigenvalue weighted by Crippen LogP contribution is 2.27. The molecule has 3 nitrogen and oxygen atoms in total. The van der Waals surface area contributed by atoms with Gasteiger partial charge in [0.15, 0.2) is 0 Å². The number of imidazole rings is 1. The Balaban J connectivity index is 2.56. The first-order chi connectivity index (χ1) is 9.21. The van der Waals surface area contributed by atoms with Gasteiger partial charge in [0.05, 0.1) is 18.1 Å². The predicted molar refractivity (Wildman–Crippen MR) is 83.8 cm³/mol. The summed E-state index contributed by atoms with van der Waals surface area (Å²) in [6.07, 6.45) is 2.91. The molecular formula is C14H19ClN2OS. The topological polar surface area (TPSA) is 27.1 Å². The SMILES string of the molecule is COc1ccc2nc(CCCl)n(C(C)CSC)c2c1. The summed E-state index contributed by atoms with van der Waals surface area (Å²) in [6.45, 7) is 2.22. The number of benzene rings is 1. The Labute approximate surface area is 123 Å². The van der Waals surface area contributed by atoms with Crippen LogP contribution in [0.4, 0.5) is 0 Å². The van der Waals surface area contributed by atoms with Gasteiger partial charge >= 0.3 is 0 Å². The first-order valence-electron chi connectivity index (χ1n) is 6.31. The Morgan fingerprint density at radius 1 is 1.47 bits per heavy atom. The van der Waals surface area contributed by atoms with E-state index in [0.717, 1.165) is 34.8 Å². The van der Waals surface area contributed by atoms with E-state index < -0.39 is 0 Å². The lowest BCUT2D eigenvalue weighted by Crippen LogP contribution is -2.12. The molecule has 0 N–H and O–H groups in total. The highest BCUT2D eigenvalue weighted by molar-refractivity contribution is 7.98. The maximum atomic E-state index is 5.89. The van der Waals surface area contributed by atoms with Crippen molar-refractivity contribution in [3.8, 4) is 5.75 Å². The number of fused-ring (bicyclic) bond motifs is 1. The molecule has 0 radical (unpaired) electrons. The zero-order valence-electron chi connectivity index (χ0n) is 11.5. The van der Waals surface area contributed by atoms with E-state index in [9.17, 15) is 0 Å². The van der Waals surface area contributed by atoms with Gasteiger partial charge in [0.25, 0.3) is 0 Å². The Hall–Kier alpha value is -0.870. The molecule has 0 fully saturated rings. The average Bonchev–Trinajstić information content (AvgIpc) is 2.76. The molecule has 0 saturated carbocycles. The Morgan fingerprint density at radius 3 is 2.89 bits per heavy atom. The van der Waals surface area contributed by atoms with Crippen LogP contribution in [0, 0.1) is 0 Å². The molecule has 0 spiro atoms. The van der Waals surface area contributed by atoms with Gasteiger partial charge in [0, 0.05) is 30.2 Å². The molecule has 1 atom stereocenters. The number of alkyl halides is 1. The summed E-state index contributed by atoms with van der Waals surface area (Å²) in [5.74, 6) is 3.56. The van der Waals surface area contributed by atoms with E-state index in [1.807, 2.05) is 23.9 Å². The second-order valence-electron chi connectivity index (χ2n) is 4.50. The maximum absolute atomic E-state index is 5.89. The molecule has 0 aliphatic rings. The molecular weight excluding hydrogens is 280 g/mol. The summed E-state index contributed by atoms with van der Waals surface area (Å²) in [5.41, 5.74) is 2.13. The largest absolute Gasteiger partial charge is 0.497 e. The van der Waals surface area contributed by atoms with E-state index in [1.54, 1.807) is 7.11 Å². The number of hydrogen-bond donors (Lipinski definition) is 0. The summed E-state index contributed by atoms with van der Waals surface area (Å²) in [5, 5.41) is 0. The van der Waals surface area contributed by atoms with Gasteiger partial charge in [-0.15, -0.1) is 11.6 Å². The molecule has 0 saturated heterocycles. The Bertz CT molecular complexity index is 556. The highest BCUT2D eigenvalue weighted by Gasteiger charge is 2.15. The summed E-state index contributed by atoms with van der Waals surface area (Å²) < 4.78 is 7.60. The second kappa shape index (κ2) is 6.53. The lowest BCUT2D eigenvalue weighted by atomic mass is 10.2. The number of aromatic nitrogens is 2. The van der Waals surface area contributed by atoms with Crippen LogP contribution >= 0.6 is 23.4 Å². The third-order valence-electron chi connectivity index (χ3n) is 3.14. The number of halogens is 1. The summed E-state index contributed by atoms with van der Waals surface area (Å²) in [6, 6.07) is 6.40. The van der Waals surface area contributed by atoms with Gasteiger partial charge < -0.3 is 9.30 Å². The van der Waals surface area contributed by atoms with Crippen molar-refractivity contribution in [3.63, 3.8) is 0 Å². The number of thioether (sulfide) groups is 1. The van der Waals surface area contributed by atoms with Crippen molar-refractivity contribution >= 4 is 34.4 Å². The quantitative estimate of drug-likeness (QED) is 0.760. The van der Waals surface area contributed by atoms with Crippen LogP contribution in [0.25, 0.3) is 11.0 Å². The number of ether oxygens (including phenoxy) is 1. The first-order valence-corrected chi connectivity index (χ1v) is 8.23. The van der Waals surface area contributed by atoms with Crippen LogP contribution in [-0.2, 0) is 6.42 Å². The minimum atomic E-state index is 0.394. The van der Waals surface area contributed by atoms with E-state index in [0.29, 0.717) is 11.9 Å². The van der Waals surface area contributed by atoms with Crippen LogP contribution < -0.4 is 4.74 Å². The molecule has 0 aliphatic carbocycles. The van der Waals surface area contributed by atoms with Crippen molar-refractivity contribution in [2.45, 2.75) is 19.4 Å². The van der Waals surface area contributed by atoms with Crippen LogP contribution in [-0.4, -0.2) is 34.5 Å². The summed E-state index contributed by atoms with van der Waals surface area (Å²) in [4.78, 5) is 4.69. The number of rotatable bonds is 6. The van der Waals surface area contributed by atoms with E-state index in [-0.39, 0.29) is 0 Å². The highest BCUT2D eigenvalue weighted by atomic mass is 35.5. The second-order valence-corrected chi connectivity index (χ2v) is 5.78. The number of aryl methyl sites for hydroxylation is 1. The molecule has 2 rings (SSSR count). The van der Waals surface area contributed by atoms with Gasteiger partial charge in [-0.25, -0.2) is 4.98 Å². The van der Waals surface area contributed by atoms with Crippen molar-refractivity contribution < 1.29 is 4.74 Å². The van der Waals surface area contributed by atoms with Gasteiger partial charge in [-0.2, -0.15) is 11.8 Å². The molecule has 104 valence electrons. The van der Waals surface area contributed by atoms with Crippen molar-refractivity contribution in [3.05, 3.63) is 24.0 Å². The molecule has 1 aromatic carbocycles. The van der Waals surface area contributed by atoms with Gasteiger partial charge in [0.2, 0.25) is 0 Å². The van der Waals surface area contributed by atoms with Crippen LogP contribution in [0.3, 0.4) is 0 Å². The summed E-state index contributed by atoms with van der Waals surface area (Å²) >= 11 is 7.73. The molecule has 1 unspecified atom stereocenters. The third kappa shape index (κ3) is 3.00. The monoisotopic (exact) mass is 298 g/mol. The maximum Gasteiger partial charge on any atom is 0.121 e. The summed E-state index contributed by atoms with van der Waals surface area (Å²) in [7, 11) is 1.69. The lowest BCUT2D eigenvalue weighted by Gasteiger charge is -2.16. The van der Waals surface area contributed by atoms with E-state index >= 15 is 0 Å². The van der Waals surface area contributed by atoms with Crippen molar-refractivity contribution in [1.82, 2.24) is 9.55 Å². The molecule has 5 heteroatoms. The van der Waals surface area contributed by atoms with Crippen LogP contribution in [0.1, 0.15) is 18.8 Å². The number of hydrogen-bond acceptors (Lipinski definition) is 3. The normalized spacial score (nSPS) is 12.8. The van der Waals surface area contributed by atoms with Gasteiger partial charge in [-0.3, -0.25) is 0 Å². The minimum Gasteiger partial charge on any atom is -0.497 e. The molecule has 2 aromatic rings. The first kappa shape index (κ1) is 14.5. The Kier molecular flexibility index (Phi) is 4.99. The van der Waals surface area contributed by atoms with Crippen molar-refractivity contribution in [1.29, 1.82) is 0 Å². The van der Waals surface area contributed by atoms with Crippen molar-refractivity contribution in [2.24, 2.45) is 0 Å². The van der Waals surface area contributed by atoms with Gasteiger partial charge in [-0.1, -0.05) is 0 Å². The van der Waals surface area contributed by atoms with E-state index in [2.05, 4.69) is 23.8 Å². The molecule has 0 aliphatic heterocycles. The minimum absolute atomic E-state index is 0.394. The van der Waals surface area contributed by atoms with E-state index in [1.165, 1.54) is 0 Å². The van der Waals surface area contributed by atoms with Crippen LogP contribution in [0.15, 0.2) is 18.2 Å². The molecule has 1 aromatic heterocycles. The van der Waals surface area contributed by atoms with Gasteiger partial charge in [0.1, 0.15) is 11.6 Å². The lowest BCUT2D eigenvalue weighted by molar-refractivity contribution is 0.415. The van der Waals surface area contributed by atoms with E-state index in [4.69, 9.17) is 21.3 Å². The van der Waals surface area contributed by atoms with Crippen LogP contribution in [0.5, 0.6) is 5.75 Å². The average molecular weight is 299 g/mol. The molecule has 19 heavy (non-hydrogen) atoms. The zero-order valence-corrected chi connectivity index (χ0v) is 13.1. The standard InChI is InChI=1S/C14H19ClN2OS/c1-10(9-19-3)17-13-8-11(18-2)4-5-12(13)16-14(17)6-7-15/h4-5,8,10H,6-7,9H2,1-3H3. The molecule has 0 bridgehead atoms. The molecule has 0 amide bonds.